The average Bonchev–Trinajstić information content (AvgIpc) is 3.33. The fraction of sp³-hybridized carbons (Fsp3) is 0.103. The second kappa shape index (κ2) is 9.16. The molecule has 4 aromatic carbocycles. The first-order chi connectivity index (χ1) is 19.2. The molecule has 0 saturated heterocycles. The van der Waals surface area contributed by atoms with Gasteiger partial charge in [0.25, 0.3) is 0 Å². The molecule has 0 aliphatic rings. The van der Waals surface area contributed by atoms with Gasteiger partial charge in [0.15, 0.2) is 0 Å². The van der Waals surface area contributed by atoms with Crippen LogP contribution < -0.4 is 0 Å². The predicted octanol–water partition coefficient (Wildman–Crippen LogP) is 10.4. The zero-order valence-electron chi connectivity index (χ0n) is 20.2. The molecule has 12 heteroatoms. The summed E-state index contributed by atoms with van der Waals surface area (Å²) in [4.78, 5) is 0.571. The standard InChI is InChI=1S/C29H13F9N2S/c30-27(31,32)17-12-20(24(29(36,37)38)21(13-17)28(33,34)35)25-18-9-14-5-1-2-6-15(14)10-19(18)26(40-39-25)23-11-16-7-3-4-8-22(16)41-23/h1-13H. The maximum atomic E-state index is 14.2. The van der Waals surface area contributed by atoms with E-state index in [0.717, 1.165) is 10.1 Å². The van der Waals surface area contributed by atoms with Crippen LogP contribution in [-0.4, -0.2) is 10.2 Å². The van der Waals surface area contributed by atoms with E-state index in [-0.39, 0.29) is 22.5 Å². The van der Waals surface area contributed by atoms with Crippen LogP contribution in [0.4, 0.5) is 39.5 Å². The number of thiophene rings is 1. The molecule has 0 saturated carbocycles. The van der Waals surface area contributed by atoms with Crippen molar-refractivity contribution in [3.05, 3.63) is 95.6 Å². The number of hydrogen-bond donors (Lipinski definition) is 0. The van der Waals surface area contributed by atoms with E-state index in [0.29, 0.717) is 15.6 Å². The Morgan fingerprint density at radius 2 is 1.10 bits per heavy atom. The van der Waals surface area contributed by atoms with Crippen LogP contribution in [0.2, 0.25) is 0 Å². The first kappa shape index (κ1) is 27.0. The number of halogens is 9. The van der Waals surface area contributed by atoms with Crippen LogP contribution in [0.3, 0.4) is 0 Å². The number of nitrogens with zero attached hydrogens (tertiary/aromatic N) is 2. The molecule has 0 aliphatic heterocycles. The van der Waals surface area contributed by atoms with Crippen molar-refractivity contribution in [3.8, 4) is 21.8 Å². The van der Waals surface area contributed by atoms with Crippen molar-refractivity contribution in [2.75, 3.05) is 0 Å². The number of aromatic nitrogens is 2. The Morgan fingerprint density at radius 3 is 1.66 bits per heavy atom. The monoisotopic (exact) mass is 592 g/mol. The molecule has 0 aliphatic carbocycles. The van der Waals surface area contributed by atoms with E-state index >= 15 is 0 Å². The van der Waals surface area contributed by atoms with E-state index in [1.807, 2.05) is 24.3 Å². The van der Waals surface area contributed by atoms with E-state index in [1.54, 1.807) is 36.4 Å². The second-order valence-electron chi connectivity index (χ2n) is 9.23. The Hall–Kier alpha value is -4.19. The van der Waals surface area contributed by atoms with Gasteiger partial charge in [-0.25, -0.2) is 0 Å². The van der Waals surface area contributed by atoms with Crippen molar-refractivity contribution in [1.29, 1.82) is 0 Å². The zero-order valence-corrected chi connectivity index (χ0v) is 21.0. The molecule has 41 heavy (non-hydrogen) atoms. The third-order valence-electron chi connectivity index (χ3n) is 6.61. The summed E-state index contributed by atoms with van der Waals surface area (Å²) in [6.07, 6.45) is -16.8. The topological polar surface area (TPSA) is 25.8 Å². The van der Waals surface area contributed by atoms with E-state index in [2.05, 4.69) is 10.2 Å². The molecule has 208 valence electrons. The van der Waals surface area contributed by atoms with E-state index in [9.17, 15) is 39.5 Å². The van der Waals surface area contributed by atoms with Gasteiger partial charge in [-0.15, -0.1) is 21.5 Å². The summed E-state index contributed by atoms with van der Waals surface area (Å²) in [7, 11) is 0. The van der Waals surface area contributed by atoms with Crippen molar-refractivity contribution in [3.63, 3.8) is 0 Å². The Labute approximate surface area is 228 Å². The SMILES string of the molecule is FC(F)(F)c1cc(-c2nnc(-c3cc4ccccc4s3)c3cc4ccccc4cc23)c(C(F)(F)F)c(C(F)(F)F)c1. The quantitative estimate of drug-likeness (QED) is 0.148. The van der Waals surface area contributed by atoms with Gasteiger partial charge in [0.1, 0.15) is 11.4 Å². The van der Waals surface area contributed by atoms with Crippen molar-refractivity contribution in [1.82, 2.24) is 10.2 Å². The first-order valence-electron chi connectivity index (χ1n) is 11.8. The van der Waals surface area contributed by atoms with Crippen LogP contribution in [-0.2, 0) is 18.5 Å². The van der Waals surface area contributed by atoms with Crippen LogP contribution in [0.25, 0.3) is 53.5 Å². The maximum absolute atomic E-state index is 14.2. The van der Waals surface area contributed by atoms with Crippen molar-refractivity contribution >= 4 is 43.0 Å². The third kappa shape index (κ3) is 4.75. The number of alkyl halides is 9. The van der Waals surface area contributed by atoms with E-state index in [4.69, 9.17) is 0 Å². The molecule has 0 unspecified atom stereocenters. The molecule has 0 fully saturated rings. The molecule has 0 atom stereocenters. The summed E-state index contributed by atoms with van der Waals surface area (Å²) >= 11 is 1.31. The molecule has 6 rings (SSSR count). The molecule has 6 aromatic rings. The van der Waals surface area contributed by atoms with Gasteiger partial charge in [-0.3, -0.25) is 0 Å². The summed E-state index contributed by atoms with van der Waals surface area (Å²) in [6.45, 7) is 0. The third-order valence-corrected chi connectivity index (χ3v) is 7.74. The minimum Gasteiger partial charge on any atom is -0.166 e. The lowest BCUT2D eigenvalue weighted by molar-refractivity contribution is -0.163. The van der Waals surface area contributed by atoms with Crippen LogP contribution in [0, 0.1) is 0 Å². The Bertz CT molecular complexity index is 1940. The smallest absolute Gasteiger partial charge is 0.166 e. The number of rotatable bonds is 2. The normalized spacial score (nSPS) is 13.0. The summed E-state index contributed by atoms with van der Waals surface area (Å²) in [6, 6.07) is 18.3. The lowest BCUT2D eigenvalue weighted by atomic mass is 9.91. The van der Waals surface area contributed by atoms with Crippen molar-refractivity contribution in [2.45, 2.75) is 18.5 Å². The molecule has 0 bridgehead atoms. The number of fused-ring (bicyclic) bond motifs is 3. The minimum absolute atomic E-state index is 0.0514. The summed E-state index contributed by atoms with van der Waals surface area (Å²) < 4.78 is 126. The van der Waals surface area contributed by atoms with Gasteiger partial charge in [0.2, 0.25) is 0 Å². The highest BCUT2D eigenvalue weighted by Crippen LogP contribution is 2.49. The van der Waals surface area contributed by atoms with Crippen LogP contribution >= 0.6 is 11.3 Å². The first-order valence-corrected chi connectivity index (χ1v) is 12.6. The molecule has 2 aromatic heterocycles. The summed E-state index contributed by atoms with van der Waals surface area (Å²) in [5.74, 6) is 0. The van der Waals surface area contributed by atoms with Gasteiger partial charge in [0.05, 0.1) is 21.6 Å². The average molecular weight is 592 g/mol. The summed E-state index contributed by atoms with van der Waals surface area (Å²) in [5, 5.41) is 10.1. The lowest BCUT2D eigenvalue weighted by Crippen LogP contribution is -2.20. The number of hydrogen-bond acceptors (Lipinski definition) is 3. The Kier molecular flexibility index (Phi) is 6.04. The molecule has 0 spiro atoms. The summed E-state index contributed by atoms with van der Waals surface area (Å²) in [5.41, 5.74) is -8.50. The van der Waals surface area contributed by atoms with Gasteiger partial charge in [-0.2, -0.15) is 39.5 Å². The van der Waals surface area contributed by atoms with E-state index < -0.39 is 52.5 Å². The van der Waals surface area contributed by atoms with Gasteiger partial charge in [0, 0.05) is 21.0 Å². The van der Waals surface area contributed by atoms with Crippen LogP contribution in [0.1, 0.15) is 16.7 Å². The van der Waals surface area contributed by atoms with Gasteiger partial charge in [-0.05, 0) is 52.6 Å². The van der Waals surface area contributed by atoms with Gasteiger partial charge >= 0.3 is 18.5 Å². The van der Waals surface area contributed by atoms with Crippen LogP contribution in [0.15, 0.2) is 78.9 Å². The predicted molar refractivity (Wildman–Crippen MR) is 138 cm³/mol. The maximum Gasteiger partial charge on any atom is 0.417 e. The highest BCUT2D eigenvalue weighted by molar-refractivity contribution is 7.22. The molecular formula is C29H13F9N2S. The molecule has 2 heterocycles. The van der Waals surface area contributed by atoms with Gasteiger partial charge < -0.3 is 0 Å². The second-order valence-corrected chi connectivity index (χ2v) is 10.3. The molecular weight excluding hydrogens is 579 g/mol. The molecule has 2 nitrogen and oxygen atoms in total. The van der Waals surface area contributed by atoms with Crippen molar-refractivity contribution in [2.24, 2.45) is 0 Å². The molecule has 0 N–H and O–H groups in total. The highest BCUT2D eigenvalue weighted by Gasteiger charge is 2.48. The Morgan fingerprint density at radius 1 is 0.537 bits per heavy atom. The number of benzene rings is 4. The van der Waals surface area contributed by atoms with Gasteiger partial charge in [-0.1, -0.05) is 42.5 Å². The fourth-order valence-electron chi connectivity index (χ4n) is 4.84. The lowest BCUT2D eigenvalue weighted by Gasteiger charge is -2.22. The fourth-order valence-corrected chi connectivity index (χ4v) is 5.90. The Balaban J connectivity index is 1.76. The largest absolute Gasteiger partial charge is 0.417 e. The highest BCUT2D eigenvalue weighted by atomic mass is 32.1. The molecule has 0 amide bonds. The van der Waals surface area contributed by atoms with Crippen molar-refractivity contribution < 1.29 is 39.5 Å². The molecule has 0 radical (unpaired) electrons. The van der Waals surface area contributed by atoms with E-state index in [1.165, 1.54) is 17.4 Å². The zero-order chi connectivity index (χ0) is 29.3. The van der Waals surface area contributed by atoms with Crippen LogP contribution in [0.5, 0.6) is 0 Å². The minimum atomic E-state index is -5.74.